The van der Waals surface area contributed by atoms with E-state index in [1.54, 1.807) is 7.11 Å². The molecule has 0 aliphatic rings. The van der Waals surface area contributed by atoms with Gasteiger partial charge in [0.15, 0.2) is 8.32 Å². The number of rotatable bonds is 19. The fourth-order valence-corrected chi connectivity index (χ4v) is 3.86. The molecule has 0 N–H and O–H groups in total. The first-order valence-electron chi connectivity index (χ1n) is 9.82. The zero-order chi connectivity index (χ0) is 17.9. The van der Waals surface area contributed by atoms with Gasteiger partial charge in [0.25, 0.3) is 0 Å². The van der Waals surface area contributed by atoms with E-state index >= 15 is 0 Å². The fourth-order valence-electron chi connectivity index (χ4n) is 2.56. The summed E-state index contributed by atoms with van der Waals surface area (Å²) in [6, 6.07) is 1.31. The summed E-state index contributed by atoms with van der Waals surface area (Å²) in [7, 11) is 2.24. The molecule has 146 valence electrons. The molecule has 0 saturated carbocycles. The van der Waals surface area contributed by atoms with Gasteiger partial charge < -0.3 is 18.6 Å². The highest BCUT2D eigenvalue weighted by Gasteiger charge is 2.18. The molecule has 0 aromatic rings. The molecule has 4 nitrogen and oxygen atoms in total. The van der Waals surface area contributed by atoms with Crippen LogP contribution in [0.25, 0.3) is 0 Å². The van der Waals surface area contributed by atoms with Crippen molar-refractivity contribution in [2.75, 3.05) is 47.3 Å². The normalized spacial score (nSPS) is 12.0. The lowest BCUT2D eigenvalue weighted by Crippen LogP contribution is -2.27. The molecule has 0 amide bonds. The van der Waals surface area contributed by atoms with Crippen LogP contribution in [0.5, 0.6) is 0 Å². The summed E-state index contributed by atoms with van der Waals surface area (Å²) in [5.41, 5.74) is 0. The maximum atomic E-state index is 5.58. The predicted molar refractivity (Wildman–Crippen MR) is 104 cm³/mol. The van der Waals surface area contributed by atoms with Crippen LogP contribution in [0.15, 0.2) is 0 Å². The molecule has 0 aliphatic carbocycles. The fraction of sp³-hybridized carbons (Fsp3) is 1.00. The molecule has 0 atom stereocenters. The third-order valence-electron chi connectivity index (χ3n) is 4.42. The van der Waals surface area contributed by atoms with Gasteiger partial charge >= 0.3 is 0 Å². The molecular formula is C19H42O4Si. The Morgan fingerprint density at radius 3 is 1.54 bits per heavy atom. The van der Waals surface area contributed by atoms with E-state index in [1.165, 1.54) is 63.8 Å². The van der Waals surface area contributed by atoms with Crippen LogP contribution in [0.3, 0.4) is 0 Å². The molecule has 0 rings (SSSR count). The van der Waals surface area contributed by atoms with Crippen LogP contribution < -0.4 is 0 Å². The number of unbranched alkanes of at least 4 members (excludes halogenated alkanes) is 8. The van der Waals surface area contributed by atoms with Crippen molar-refractivity contribution in [3.63, 3.8) is 0 Å². The van der Waals surface area contributed by atoms with Gasteiger partial charge in [0.05, 0.1) is 26.4 Å². The summed E-state index contributed by atoms with van der Waals surface area (Å²) in [5, 5.41) is 0. The Bertz CT molecular complexity index is 250. The smallest absolute Gasteiger partial charge is 0.186 e. The van der Waals surface area contributed by atoms with E-state index in [1.807, 2.05) is 7.11 Å². The van der Waals surface area contributed by atoms with Crippen LogP contribution in [0.2, 0.25) is 19.1 Å². The quantitative estimate of drug-likeness (QED) is 0.239. The van der Waals surface area contributed by atoms with E-state index < -0.39 is 8.32 Å². The van der Waals surface area contributed by atoms with Crippen LogP contribution in [-0.4, -0.2) is 55.6 Å². The first-order chi connectivity index (χ1) is 11.6. The third-order valence-corrected chi connectivity index (χ3v) is 7.09. The molecule has 5 heteroatoms. The molecule has 0 aliphatic heterocycles. The van der Waals surface area contributed by atoms with Gasteiger partial charge in [-0.15, -0.1) is 0 Å². The van der Waals surface area contributed by atoms with Gasteiger partial charge in [0.2, 0.25) is 0 Å². The van der Waals surface area contributed by atoms with Crippen LogP contribution in [-0.2, 0) is 18.6 Å². The van der Waals surface area contributed by atoms with Crippen LogP contribution in [0, 0.1) is 0 Å². The lowest BCUT2D eigenvalue weighted by atomic mass is 10.1. The van der Waals surface area contributed by atoms with Crippen LogP contribution in [0.1, 0.15) is 57.8 Å². The molecule has 0 radical (unpaired) electrons. The largest absolute Gasteiger partial charge is 0.420 e. The van der Waals surface area contributed by atoms with Crippen LogP contribution >= 0.6 is 0 Å². The highest BCUT2D eigenvalue weighted by atomic mass is 28.4. The van der Waals surface area contributed by atoms with Crippen LogP contribution in [0.4, 0.5) is 0 Å². The Morgan fingerprint density at radius 2 is 1.00 bits per heavy atom. The van der Waals surface area contributed by atoms with Gasteiger partial charge in [0.1, 0.15) is 0 Å². The summed E-state index contributed by atoms with van der Waals surface area (Å²) < 4.78 is 21.4. The standard InChI is InChI=1S/C19H42O4Si/c1-20-15-16-23-18-17-22-14-12-10-8-6-5-7-9-11-13-19-24(3,4)21-2/h5-19H2,1-4H3. The zero-order valence-electron chi connectivity index (χ0n) is 16.7. The molecule has 24 heavy (non-hydrogen) atoms. The predicted octanol–water partition coefficient (Wildman–Crippen LogP) is 5.03. The molecule has 0 spiro atoms. The van der Waals surface area contributed by atoms with Gasteiger partial charge in [-0.25, -0.2) is 0 Å². The van der Waals surface area contributed by atoms with Gasteiger partial charge in [0, 0.05) is 20.8 Å². The third kappa shape index (κ3) is 18.4. The summed E-state index contributed by atoms with van der Waals surface area (Å²) in [5.74, 6) is 0. The van der Waals surface area contributed by atoms with Gasteiger partial charge in [-0.3, -0.25) is 0 Å². The first kappa shape index (κ1) is 24.1. The van der Waals surface area contributed by atoms with Crippen molar-refractivity contribution in [3.05, 3.63) is 0 Å². The average molecular weight is 363 g/mol. The minimum atomic E-state index is -1.31. The summed E-state index contributed by atoms with van der Waals surface area (Å²) in [4.78, 5) is 0. The number of methoxy groups -OCH3 is 1. The minimum Gasteiger partial charge on any atom is -0.420 e. The van der Waals surface area contributed by atoms with Crippen molar-refractivity contribution >= 4 is 8.32 Å². The van der Waals surface area contributed by atoms with Crippen molar-refractivity contribution < 1.29 is 18.6 Å². The lowest BCUT2D eigenvalue weighted by Gasteiger charge is -2.19. The Balaban J connectivity index is 3.05. The number of ether oxygens (including phenoxy) is 3. The topological polar surface area (TPSA) is 36.9 Å². The van der Waals surface area contributed by atoms with Gasteiger partial charge in [-0.1, -0.05) is 51.4 Å². The molecular weight excluding hydrogens is 320 g/mol. The number of hydrogen-bond donors (Lipinski definition) is 0. The minimum absolute atomic E-state index is 0.659. The Morgan fingerprint density at radius 1 is 0.542 bits per heavy atom. The molecule has 0 aromatic carbocycles. The Hall–Kier alpha value is 0.0569. The Kier molecular flexibility index (Phi) is 17.9. The molecule has 0 fully saturated rings. The van der Waals surface area contributed by atoms with E-state index in [4.69, 9.17) is 18.6 Å². The van der Waals surface area contributed by atoms with E-state index in [9.17, 15) is 0 Å². The second-order valence-corrected chi connectivity index (χ2v) is 11.5. The Labute approximate surface area is 151 Å². The summed E-state index contributed by atoms with van der Waals surface area (Å²) >= 11 is 0. The van der Waals surface area contributed by atoms with Gasteiger partial charge in [-0.05, 0) is 25.6 Å². The second kappa shape index (κ2) is 17.9. The van der Waals surface area contributed by atoms with Gasteiger partial charge in [-0.2, -0.15) is 0 Å². The second-order valence-electron chi connectivity index (χ2n) is 7.11. The number of hydrogen-bond acceptors (Lipinski definition) is 4. The van der Waals surface area contributed by atoms with Crippen molar-refractivity contribution in [2.24, 2.45) is 0 Å². The highest BCUT2D eigenvalue weighted by Crippen LogP contribution is 2.16. The molecule has 0 aromatic heterocycles. The summed E-state index contributed by atoms with van der Waals surface area (Å²) in [6.07, 6.45) is 12.1. The maximum absolute atomic E-state index is 5.58. The van der Waals surface area contributed by atoms with Crippen molar-refractivity contribution in [3.8, 4) is 0 Å². The first-order valence-corrected chi connectivity index (χ1v) is 12.9. The highest BCUT2D eigenvalue weighted by molar-refractivity contribution is 6.71. The SMILES string of the molecule is COCCOCCOCCCCCCCCCCC[Si](C)(C)OC. The zero-order valence-corrected chi connectivity index (χ0v) is 17.7. The monoisotopic (exact) mass is 362 g/mol. The van der Waals surface area contributed by atoms with Crippen molar-refractivity contribution in [1.29, 1.82) is 0 Å². The average Bonchev–Trinajstić information content (AvgIpc) is 2.57. The van der Waals surface area contributed by atoms with E-state index in [-0.39, 0.29) is 0 Å². The van der Waals surface area contributed by atoms with E-state index in [2.05, 4.69) is 13.1 Å². The lowest BCUT2D eigenvalue weighted by molar-refractivity contribution is 0.0239. The van der Waals surface area contributed by atoms with Crippen molar-refractivity contribution in [2.45, 2.75) is 76.9 Å². The molecule has 0 bridgehead atoms. The molecule has 0 saturated heterocycles. The van der Waals surface area contributed by atoms with E-state index in [0.717, 1.165) is 6.61 Å². The molecule has 0 unspecified atom stereocenters. The summed E-state index contributed by atoms with van der Waals surface area (Å²) in [6.45, 7) is 8.18. The molecule has 0 heterocycles. The van der Waals surface area contributed by atoms with E-state index in [0.29, 0.717) is 26.4 Å². The van der Waals surface area contributed by atoms with Crippen molar-refractivity contribution in [1.82, 2.24) is 0 Å². The maximum Gasteiger partial charge on any atom is 0.186 e.